The molecule has 0 fully saturated rings. The third kappa shape index (κ3) is 7.39. The van der Waals surface area contributed by atoms with Gasteiger partial charge in [0.2, 0.25) is 0 Å². The molecule has 144 valence electrons. The van der Waals surface area contributed by atoms with E-state index in [2.05, 4.69) is 19.2 Å². The van der Waals surface area contributed by atoms with Gasteiger partial charge in [0.1, 0.15) is 0 Å². The fourth-order valence-electron chi connectivity index (χ4n) is 3.02. The standard InChI is InChI=1S/C22H29NO3Si/c1-17(2)16-19(23-22(25)18-10-6-4-7-11-18)14-15-21(24)26-27(3)20-12-8-5-9-13-20/h4-13,17,19,27H,14-16H2,1-3H3,(H,23,25). The average molecular weight is 384 g/mol. The highest BCUT2D eigenvalue weighted by Gasteiger charge is 2.19. The van der Waals surface area contributed by atoms with Gasteiger partial charge < -0.3 is 9.74 Å². The van der Waals surface area contributed by atoms with Gasteiger partial charge in [0.15, 0.2) is 0 Å². The van der Waals surface area contributed by atoms with Crippen molar-refractivity contribution in [2.75, 3.05) is 0 Å². The van der Waals surface area contributed by atoms with Gasteiger partial charge in [-0.1, -0.05) is 62.4 Å². The van der Waals surface area contributed by atoms with E-state index in [1.54, 1.807) is 12.1 Å². The summed E-state index contributed by atoms with van der Waals surface area (Å²) >= 11 is 0. The molecule has 27 heavy (non-hydrogen) atoms. The third-order valence-corrected chi connectivity index (χ3v) is 6.34. The Labute approximate surface area is 163 Å². The van der Waals surface area contributed by atoms with E-state index < -0.39 is 9.04 Å². The van der Waals surface area contributed by atoms with Crippen molar-refractivity contribution in [3.05, 3.63) is 66.2 Å². The zero-order valence-electron chi connectivity index (χ0n) is 16.4. The highest BCUT2D eigenvalue weighted by atomic mass is 28.3. The molecule has 0 aliphatic carbocycles. The quantitative estimate of drug-likeness (QED) is 0.675. The molecule has 0 heterocycles. The van der Waals surface area contributed by atoms with Crippen LogP contribution in [-0.4, -0.2) is 27.0 Å². The van der Waals surface area contributed by atoms with Crippen LogP contribution in [0.5, 0.6) is 0 Å². The molecule has 0 saturated carbocycles. The van der Waals surface area contributed by atoms with Gasteiger partial charge in [-0.05, 0) is 42.6 Å². The average Bonchev–Trinajstić information content (AvgIpc) is 2.67. The zero-order chi connectivity index (χ0) is 19.6. The van der Waals surface area contributed by atoms with Gasteiger partial charge >= 0.3 is 0 Å². The van der Waals surface area contributed by atoms with Crippen LogP contribution in [0.15, 0.2) is 60.7 Å². The fourth-order valence-corrected chi connectivity index (χ4v) is 4.43. The maximum Gasteiger partial charge on any atom is 0.292 e. The Morgan fingerprint density at radius 2 is 1.59 bits per heavy atom. The lowest BCUT2D eigenvalue weighted by Gasteiger charge is -2.21. The summed E-state index contributed by atoms with van der Waals surface area (Å²) in [5.74, 6) is 0.155. The molecule has 0 radical (unpaired) electrons. The summed E-state index contributed by atoms with van der Waals surface area (Å²) in [7, 11) is -1.72. The minimum absolute atomic E-state index is 0.0426. The predicted octanol–water partition coefficient (Wildman–Crippen LogP) is 3.42. The lowest BCUT2D eigenvalue weighted by atomic mass is 9.99. The number of hydrogen-bond acceptors (Lipinski definition) is 3. The van der Waals surface area contributed by atoms with Crippen molar-refractivity contribution >= 4 is 26.1 Å². The lowest BCUT2D eigenvalue weighted by Crippen LogP contribution is -2.37. The van der Waals surface area contributed by atoms with E-state index in [-0.39, 0.29) is 17.9 Å². The topological polar surface area (TPSA) is 55.4 Å². The largest absolute Gasteiger partial charge is 0.518 e. The molecule has 0 aromatic heterocycles. The van der Waals surface area contributed by atoms with E-state index in [1.165, 1.54) is 0 Å². The minimum Gasteiger partial charge on any atom is -0.518 e. The predicted molar refractivity (Wildman–Crippen MR) is 112 cm³/mol. The maximum atomic E-state index is 12.4. The van der Waals surface area contributed by atoms with Gasteiger partial charge in [0.25, 0.3) is 20.9 Å². The highest BCUT2D eigenvalue weighted by Crippen LogP contribution is 2.12. The first-order valence-electron chi connectivity index (χ1n) is 9.56. The molecule has 0 saturated heterocycles. The molecular weight excluding hydrogens is 354 g/mol. The summed E-state index contributed by atoms with van der Waals surface area (Å²) in [4.78, 5) is 24.7. The summed E-state index contributed by atoms with van der Waals surface area (Å²) < 4.78 is 5.67. The molecule has 0 spiro atoms. The minimum atomic E-state index is -1.72. The Bertz CT molecular complexity index is 719. The van der Waals surface area contributed by atoms with Crippen molar-refractivity contribution in [1.29, 1.82) is 0 Å². The smallest absolute Gasteiger partial charge is 0.292 e. The number of rotatable bonds is 9. The van der Waals surface area contributed by atoms with E-state index >= 15 is 0 Å². The van der Waals surface area contributed by atoms with E-state index in [0.717, 1.165) is 11.6 Å². The second-order valence-corrected chi connectivity index (χ2v) is 9.43. The van der Waals surface area contributed by atoms with Gasteiger partial charge in [0.05, 0.1) is 0 Å². The summed E-state index contributed by atoms with van der Waals surface area (Å²) in [5, 5.41) is 4.18. The summed E-state index contributed by atoms with van der Waals surface area (Å²) in [6, 6.07) is 19.0. The lowest BCUT2D eigenvalue weighted by molar-refractivity contribution is -0.134. The number of benzene rings is 2. The van der Waals surface area contributed by atoms with Crippen molar-refractivity contribution in [1.82, 2.24) is 5.32 Å². The maximum absolute atomic E-state index is 12.4. The Balaban J connectivity index is 1.87. The molecule has 0 aliphatic rings. The molecule has 5 heteroatoms. The summed E-state index contributed by atoms with van der Waals surface area (Å²) in [5.41, 5.74) is 0.638. The second-order valence-electron chi connectivity index (χ2n) is 7.25. The number of carbonyl (C=O) groups is 2. The van der Waals surface area contributed by atoms with Crippen molar-refractivity contribution in [2.24, 2.45) is 5.92 Å². The SMILES string of the molecule is CC(C)CC(CCC(=O)O[SiH](C)c1ccccc1)NC(=O)c1ccccc1. The summed E-state index contributed by atoms with van der Waals surface area (Å²) in [6.07, 6.45) is 1.74. The van der Waals surface area contributed by atoms with Crippen LogP contribution < -0.4 is 10.5 Å². The van der Waals surface area contributed by atoms with Crippen LogP contribution in [0.3, 0.4) is 0 Å². The van der Waals surface area contributed by atoms with Gasteiger partial charge in [-0.25, -0.2) is 0 Å². The van der Waals surface area contributed by atoms with Gasteiger partial charge in [-0.2, -0.15) is 0 Å². The van der Waals surface area contributed by atoms with Gasteiger partial charge in [-0.15, -0.1) is 0 Å². The Morgan fingerprint density at radius 1 is 1.00 bits per heavy atom. The highest BCUT2D eigenvalue weighted by molar-refractivity contribution is 6.67. The third-order valence-electron chi connectivity index (χ3n) is 4.40. The molecule has 1 amide bonds. The molecule has 2 aromatic rings. The molecule has 4 nitrogen and oxygen atoms in total. The number of nitrogens with one attached hydrogen (secondary N) is 1. The Kier molecular flexibility index (Phi) is 8.26. The zero-order valence-corrected chi connectivity index (χ0v) is 17.5. The monoisotopic (exact) mass is 383 g/mol. The molecule has 2 rings (SSSR count). The molecule has 2 unspecified atom stereocenters. The number of hydrogen-bond donors (Lipinski definition) is 1. The van der Waals surface area contributed by atoms with Crippen LogP contribution in [0.4, 0.5) is 0 Å². The Morgan fingerprint density at radius 3 is 2.19 bits per heavy atom. The molecule has 2 atom stereocenters. The van der Waals surface area contributed by atoms with Crippen molar-refractivity contribution in [3.63, 3.8) is 0 Å². The van der Waals surface area contributed by atoms with E-state index in [1.807, 2.05) is 55.1 Å². The van der Waals surface area contributed by atoms with Crippen LogP contribution in [0.1, 0.15) is 43.5 Å². The van der Waals surface area contributed by atoms with E-state index in [0.29, 0.717) is 24.3 Å². The van der Waals surface area contributed by atoms with Crippen LogP contribution in [0.25, 0.3) is 0 Å². The van der Waals surface area contributed by atoms with Crippen LogP contribution in [0, 0.1) is 5.92 Å². The van der Waals surface area contributed by atoms with Crippen LogP contribution in [-0.2, 0) is 9.22 Å². The first-order chi connectivity index (χ1) is 13.0. The number of amides is 1. The first kappa shape index (κ1) is 20.9. The Hall–Kier alpha value is -2.40. The molecule has 2 aromatic carbocycles. The fraction of sp³-hybridized carbons (Fsp3) is 0.364. The normalized spacial score (nSPS) is 13.0. The molecular formula is C22H29NO3Si. The van der Waals surface area contributed by atoms with Gasteiger partial charge in [0, 0.05) is 18.0 Å². The van der Waals surface area contributed by atoms with E-state index in [9.17, 15) is 9.59 Å². The second kappa shape index (κ2) is 10.7. The summed E-state index contributed by atoms with van der Waals surface area (Å²) in [6.45, 7) is 6.24. The molecule has 1 N–H and O–H groups in total. The number of carbonyl (C=O) groups excluding carboxylic acids is 2. The first-order valence-corrected chi connectivity index (χ1v) is 11.8. The van der Waals surface area contributed by atoms with Crippen LogP contribution >= 0.6 is 0 Å². The van der Waals surface area contributed by atoms with Crippen molar-refractivity contribution < 1.29 is 14.0 Å². The van der Waals surface area contributed by atoms with Crippen LogP contribution in [0.2, 0.25) is 6.55 Å². The van der Waals surface area contributed by atoms with Crippen molar-refractivity contribution in [3.8, 4) is 0 Å². The van der Waals surface area contributed by atoms with E-state index in [4.69, 9.17) is 4.43 Å². The molecule has 0 aliphatic heterocycles. The van der Waals surface area contributed by atoms with Gasteiger partial charge in [-0.3, -0.25) is 9.59 Å². The van der Waals surface area contributed by atoms with Crippen molar-refractivity contribution in [2.45, 2.75) is 45.7 Å². The molecule has 0 bridgehead atoms.